The molecular weight excluding hydrogens is 570 g/mol. The second-order valence-corrected chi connectivity index (χ2v) is 12.1. The second kappa shape index (κ2) is 15.3. The summed E-state index contributed by atoms with van der Waals surface area (Å²) >= 11 is 0. The Balaban J connectivity index is 2.05. The van der Waals surface area contributed by atoms with E-state index >= 15 is 0 Å². The quantitative estimate of drug-likeness (QED) is 0.269. The Labute approximate surface area is 254 Å². The number of sulfonamides is 1. The van der Waals surface area contributed by atoms with Crippen LogP contribution in [-0.2, 0) is 26.2 Å². The van der Waals surface area contributed by atoms with E-state index in [4.69, 9.17) is 14.2 Å². The lowest BCUT2D eigenvalue weighted by Gasteiger charge is -2.32. The standard InChI is InChI=1S/C32H41N3O7S/c1-7-42-27-15-13-26(14-16-27)35(43(38,39)28-17-18-29(40-5)30(19-28)41-6)22-31(36)34(21-25-11-9-8-10-12-25)24(4)32(37)33-20-23(2)3/h8-19,23-24H,7,20-22H2,1-6H3,(H,33,37)/t24-/m0/s1. The van der Waals surface area contributed by atoms with Gasteiger partial charge in [0.15, 0.2) is 11.5 Å². The van der Waals surface area contributed by atoms with Gasteiger partial charge in [-0.25, -0.2) is 8.42 Å². The summed E-state index contributed by atoms with van der Waals surface area (Å²) < 4.78 is 45.5. The molecule has 1 N–H and O–H groups in total. The van der Waals surface area contributed by atoms with E-state index in [1.807, 2.05) is 51.1 Å². The van der Waals surface area contributed by atoms with Crippen LogP contribution in [-0.4, -0.2) is 65.1 Å². The van der Waals surface area contributed by atoms with Crippen molar-refractivity contribution < 1.29 is 32.2 Å². The van der Waals surface area contributed by atoms with Crippen molar-refractivity contribution in [3.8, 4) is 17.2 Å². The summed E-state index contributed by atoms with van der Waals surface area (Å²) in [7, 11) is -1.43. The van der Waals surface area contributed by atoms with Crippen molar-refractivity contribution in [2.24, 2.45) is 5.92 Å². The maximum Gasteiger partial charge on any atom is 0.264 e. The summed E-state index contributed by atoms with van der Waals surface area (Å²) in [5.41, 5.74) is 1.05. The Bertz CT molecular complexity index is 1460. The number of carbonyl (C=O) groups is 2. The molecule has 0 fully saturated rings. The molecule has 1 atom stereocenters. The lowest BCUT2D eigenvalue weighted by Crippen LogP contribution is -2.51. The third-order valence-corrected chi connectivity index (χ3v) is 8.48. The average Bonchev–Trinajstić information content (AvgIpc) is 3.01. The summed E-state index contributed by atoms with van der Waals surface area (Å²) in [6.45, 7) is 7.89. The van der Waals surface area contributed by atoms with Crippen LogP contribution in [0.15, 0.2) is 77.7 Å². The molecule has 2 amide bonds. The highest BCUT2D eigenvalue weighted by Crippen LogP contribution is 2.33. The molecule has 0 spiro atoms. The van der Waals surface area contributed by atoms with E-state index in [0.717, 1.165) is 9.87 Å². The maximum atomic E-state index is 14.2. The number of hydrogen-bond donors (Lipinski definition) is 1. The zero-order valence-corrected chi connectivity index (χ0v) is 26.4. The molecule has 3 aromatic carbocycles. The predicted octanol–water partition coefficient (Wildman–Crippen LogP) is 4.49. The molecule has 232 valence electrons. The molecular formula is C32H41N3O7S. The third kappa shape index (κ3) is 8.63. The fraction of sp³-hybridized carbons (Fsp3) is 0.375. The van der Waals surface area contributed by atoms with Crippen LogP contribution in [0.5, 0.6) is 17.2 Å². The van der Waals surface area contributed by atoms with E-state index in [9.17, 15) is 18.0 Å². The molecule has 3 aromatic rings. The molecule has 0 bridgehead atoms. The van der Waals surface area contributed by atoms with E-state index in [1.54, 1.807) is 31.2 Å². The van der Waals surface area contributed by atoms with Gasteiger partial charge in [0.2, 0.25) is 11.8 Å². The van der Waals surface area contributed by atoms with E-state index in [2.05, 4.69) is 5.32 Å². The van der Waals surface area contributed by atoms with Gasteiger partial charge in [0.25, 0.3) is 10.0 Å². The van der Waals surface area contributed by atoms with E-state index in [0.29, 0.717) is 24.7 Å². The number of anilines is 1. The fourth-order valence-electron chi connectivity index (χ4n) is 4.32. The van der Waals surface area contributed by atoms with Gasteiger partial charge in [-0.3, -0.25) is 13.9 Å². The van der Waals surface area contributed by atoms with Gasteiger partial charge in [0.1, 0.15) is 18.3 Å². The van der Waals surface area contributed by atoms with Crippen molar-refractivity contribution >= 4 is 27.5 Å². The maximum absolute atomic E-state index is 14.2. The van der Waals surface area contributed by atoms with Crippen molar-refractivity contribution in [3.63, 3.8) is 0 Å². The van der Waals surface area contributed by atoms with Gasteiger partial charge in [-0.05, 0) is 61.7 Å². The number of amides is 2. The Morgan fingerprint density at radius 1 is 0.884 bits per heavy atom. The normalized spacial score (nSPS) is 11.9. The Morgan fingerprint density at radius 3 is 2.12 bits per heavy atom. The van der Waals surface area contributed by atoms with Crippen LogP contribution in [0.2, 0.25) is 0 Å². The summed E-state index contributed by atoms with van der Waals surface area (Å²) in [5.74, 6) is 0.490. The number of benzene rings is 3. The van der Waals surface area contributed by atoms with Crippen LogP contribution in [0.4, 0.5) is 5.69 Å². The van der Waals surface area contributed by atoms with Crippen LogP contribution in [0.3, 0.4) is 0 Å². The van der Waals surface area contributed by atoms with Crippen molar-refractivity contribution in [2.45, 2.75) is 45.2 Å². The minimum atomic E-state index is -4.30. The fourth-order valence-corrected chi connectivity index (χ4v) is 5.75. The number of ether oxygens (including phenoxy) is 3. The molecule has 0 unspecified atom stereocenters. The van der Waals surface area contributed by atoms with Crippen molar-refractivity contribution in [1.29, 1.82) is 0 Å². The van der Waals surface area contributed by atoms with Gasteiger partial charge in [0, 0.05) is 19.2 Å². The zero-order chi connectivity index (χ0) is 31.6. The Morgan fingerprint density at radius 2 is 1.53 bits per heavy atom. The Hall–Kier alpha value is -4.25. The van der Waals surface area contributed by atoms with E-state index in [1.165, 1.54) is 37.3 Å². The van der Waals surface area contributed by atoms with Gasteiger partial charge in [-0.2, -0.15) is 0 Å². The predicted molar refractivity (Wildman–Crippen MR) is 166 cm³/mol. The average molecular weight is 612 g/mol. The molecule has 0 saturated heterocycles. The molecule has 0 aliphatic rings. The zero-order valence-electron chi connectivity index (χ0n) is 25.6. The van der Waals surface area contributed by atoms with E-state index in [-0.39, 0.29) is 34.7 Å². The molecule has 0 aromatic heterocycles. The number of nitrogens with zero attached hydrogens (tertiary/aromatic N) is 2. The SMILES string of the molecule is CCOc1ccc(N(CC(=O)N(Cc2ccccc2)[C@@H](C)C(=O)NCC(C)C)S(=O)(=O)c2ccc(OC)c(OC)c2)cc1. The van der Waals surface area contributed by atoms with Crippen LogP contribution >= 0.6 is 0 Å². The highest BCUT2D eigenvalue weighted by atomic mass is 32.2. The Kier molecular flexibility index (Phi) is 11.8. The highest BCUT2D eigenvalue weighted by molar-refractivity contribution is 7.92. The van der Waals surface area contributed by atoms with Gasteiger partial charge in [0.05, 0.1) is 31.4 Å². The molecule has 11 heteroatoms. The summed E-state index contributed by atoms with van der Waals surface area (Å²) in [4.78, 5) is 28.5. The topological polar surface area (TPSA) is 114 Å². The molecule has 3 rings (SSSR count). The van der Waals surface area contributed by atoms with Gasteiger partial charge in [-0.15, -0.1) is 0 Å². The van der Waals surface area contributed by atoms with Crippen LogP contribution < -0.4 is 23.8 Å². The van der Waals surface area contributed by atoms with Crippen LogP contribution in [0, 0.1) is 5.92 Å². The van der Waals surface area contributed by atoms with Crippen LogP contribution in [0.25, 0.3) is 0 Å². The molecule has 43 heavy (non-hydrogen) atoms. The van der Waals surface area contributed by atoms with Crippen molar-refractivity contribution in [2.75, 3.05) is 38.2 Å². The lowest BCUT2D eigenvalue weighted by molar-refractivity contribution is -0.139. The van der Waals surface area contributed by atoms with Crippen molar-refractivity contribution in [1.82, 2.24) is 10.2 Å². The highest BCUT2D eigenvalue weighted by Gasteiger charge is 2.33. The molecule has 0 aliphatic heterocycles. The summed E-state index contributed by atoms with van der Waals surface area (Å²) in [6.07, 6.45) is 0. The lowest BCUT2D eigenvalue weighted by atomic mass is 10.1. The number of nitrogens with one attached hydrogen (secondary N) is 1. The first kappa shape index (κ1) is 33.3. The monoisotopic (exact) mass is 611 g/mol. The molecule has 0 aliphatic carbocycles. The first-order valence-electron chi connectivity index (χ1n) is 14.1. The number of hydrogen-bond acceptors (Lipinski definition) is 7. The molecule has 10 nitrogen and oxygen atoms in total. The van der Waals surface area contributed by atoms with Gasteiger partial charge >= 0.3 is 0 Å². The largest absolute Gasteiger partial charge is 0.494 e. The minimum Gasteiger partial charge on any atom is -0.494 e. The van der Waals surface area contributed by atoms with Crippen molar-refractivity contribution in [3.05, 3.63) is 78.4 Å². The molecule has 0 saturated carbocycles. The number of carbonyl (C=O) groups excluding carboxylic acids is 2. The summed E-state index contributed by atoms with van der Waals surface area (Å²) in [5, 5.41) is 2.88. The minimum absolute atomic E-state index is 0.0934. The second-order valence-electron chi connectivity index (χ2n) is 10.3. The van der Waals surface area contributed by atoms with Gasteiger partial charge < -0.3 is 24.4 Å². The summed E-state index contributed by atoms with van der Waals surface area (Å²) in [6, 6.07) is 19.1. The van der Waals surface area contributed by atoms with Gasteiger partial charge in [-0.1, -0.05) is 44.2 Å². The first-order chi connectivity index (χ1) is 20.5. The molecule has 0 radical (unpaired) electrons. The molecule has 0 heterocycles. The number of methoxy groups -OCH3 is 2. The van der Waals surface area contributed by atoms with Crippen LogP contribution in [0.1, 0.15) is 33.3 Å². The number of rotatable bonds is 15. The third-order valence-electron chi connectivity index (χ3n) is 6.71. The smallest absolute Gasteiger partial charge is 0.264 e. The van der Waals surface area contributed by atoms with E-state index < -0.39 is 28.5 Å². The first-order valence-corrected chi connectivity index (χ1v) is 15.5.